The highest BCUT2D eigenvalue weighted by atomic mass is 16.3. The fourth-order valence-electron chi connectivity index (χ4n) is 2.24. The van der Waals surface area contributed by atoms with Gasteiger partial charge in [0, 0.05) is 11.1 Å². The molecule has 0 aliphatic carbocycles. The maximum absolute atomic E-state index is 10.3. The molecule has 0 aliphatic rings. The van der Waals surface area contributed by atoms with Crippen molar-refractivity contribution in [2.24, 2.45) is 0 Å². The molecule has 0 aliphatic heterocycles. The van der Waals surface area contributed by atoms with Crippen molar-refractivity contribution in [3.8, 4) is 11.8 Å². The van der Waals surface area contributed by atoms with E-state index in [0.29, 0.717) is 0 Å². The maximum Gasteiger partial charge on any atom is 0.141 e. The van der Waals surface area contributed by atoms with Crippen molar-refractivity contribution in [3.63, 3.8) is 0 Å². The Hall–Kier alpha value is -2.56. The lowest BCUT2D eigenvalue weighted by Gasteiger charge is -2.08. The summed E-state index contributed by atoms with van der Waals surface area (Å²) < 4.78 is 0. The van der Waals surface area contributed by atoms with E-state index in [4.69, 9.17) is 0 Å². The van der Waals surface area contributed by atoms with E-state index in [2.05, 4.69) is 11.8 Å². The molecule has 3 rings (SSSR count). The van der Waals surface area contributed by atoms with Crippen molar-refractivity contribution in [1.29, 1.82) is 0 Å². The molecule has 0 heterocycles. The zero-order chi connectivity index (χ0) is 13.8. The minimum absolute atomic E-state index is 0.777. The van der Waals surface area contributed by atoms with Crippen LogP contribution in [0, 0.1) is 11.8 Å². The van der Waals surface area contributed by atoms with Crippen LogP contribution in [0.2, 0.25) is 0 Å². The summed E-state index contributed by atoms with van der Waals surface area (Å²) >= 11 is 0. The lowest BCUT2D eigenvalue weighted by Crippen LogP contribution is -1.95. The monoisotopic (exact) mass is 258 g/mol. The van der Waals surface area contributed by atoms with Crippen LogP contribution in [0.5, 0.6) is 0 Å². The first kappa shape index (κ1) is 12.5. The molecule has 1 N–H and O–H groups in total. The fraction of sp³-hybridized carbons (Fsp3) is 0.0526. The number of rotatable bonds is 1. The fourth-order valence-corrected chi connectivity index (χ4v) is 2.24. The summed E-state index contributed by atoms with van der Waals surface area (Å²) in [5.74, 6) is 5.92. The molecule has 0 saturated carbocycles. The summed E-state index contributed by atoms with van der Waals surface area (Å²) in [5.41, 5.74) is 1.76. The minimum Gasteiger partial charge on any atom is -0.376 e. The Morgan fingerprint density at radius 1 is 0.750 bits per heavy atom. The van der Waals surface area contributed by atoms with Gasteiger partial charge in [0.1, 0.15) is 6.10 Å². The van der Waals surface area contributed by atoms with Gasteiger partial charge in [0.2, 0.25) is 0 Å². The molecule has 3 aromatic rings. The standard InChI is InChI=1S/C19H14O/c20-19(14-13-15-7-2-1-3-8-15)18-12-6-10-16-9-4-5-11-17(16)18/h1-12,19-20H/t19-/m1/s1. The Labute approximate surface area is 118 Å². The Kier molecular flexibility index (Phi) is 3.50. The third-order valence-electron chi connectivity index (χ3n) is 3.24. The molecule has 0 bridgehead atoms. The summed E-state index contributed by atoms with van der Waals surface area (Å²) in [7, 11) is 0. The molecule has 1 atom stereocenters. The lowest BCUT2D eigenvalue weighted by molar-refractivity contribution is 0.240. The van der Waals surface area contributed by atoms with Crippen LogP contribution in [0.25, 0.3) is 10.8 Å². The predicted octanol–water partition coefficient (Wildman–Crippen LogP) is 3.92. The van der Waals surface area contributed by atoms with Crippen LogP contribution in [0.4, 0.5) is 0 Å². The second-order valence-electron chi connectivity index (χ2n) is 4.61. The molecular formula is C19H14O. The molecule has 20 heavy (non-hydrogen) atoms. The Morgan fingerprint density at radius 3 is 2.30 bits per heavy atom. The van der Waals surface area contributed by atoms with E-state index >= 15 is 0 Å². The van der Waals surface area contributed by atoms with Gasteiger partial charge in [-0.25, -0.2) is 0 Å². The van der Waals surface area contributed by atoms with Crippen LogP contribution >= 0.6 is 0 Å². The molecule has 0 unspecified atom stereocenters. The van der Waals surface area contributed by atoms with Crippen LogP contribution in [0.1, 0.15) is 17.2 Å². The number of hydrogen-bond acceptors (Lipinski definition) is 1. The van der Waals surface area contributed by atoms with Gasteiger partial charge < -0.3 is 5.11 Å². The molecule has 96 valence electrons. The predicted molar refractivity (Wildman–Crippen MR) is 82.2 cm³/mol. The van der Waals surface area contributed by atoms with Gasteiger partial charge in [0.15, 0.2) is 0 Å². The van der Waals surface area contributed by atoms with E-state index in [9.17, 15) is 5.11 Å². The number of benzene rings is 3. The van der Waals surface area contributed by atoms with Crippen LogP contribution < -0.4 is 0 Å². The third kappa shape index (κ3) is 2.56. The molecule has 0 saturated heterocycles. The van der Waals surface area contributed by atoms with E-state index in [1.54, 1.807) is 0 Å². The molecule has 1 heteroatoms. The quantitative estimate of drug-likeness (QED) is 0.656. The van der Waals surface area contributed by atoms with Crippen LogP contribution in [0.3, 0.4) is 0 Å². The van der Waals surface area contributed by atoms with Gasteiger partial charge in [-0.05, 0) is 22.9 Å². The molecule has 0 spiro atoms. The first-order chi connectivity index (χ1) is 9.84. The van der Waals surface area contributed by atoms with Crippen molar-refractivity contribution in [2.45, 2.75) is 6.10 Å². The van der Waals surface area contributed by atoms with E-state index in [-0.39, 0.29) is 0 Å². The number of aliphatic hydroxyl groups is 1. The summed E-state index contributed by atoms with van der Waals surface area (Å²) in [6, 6.07) is 23.6. The maximum atomic E-state index is 10.3. The zero-order valence-electron chi connectivity index (χ0n) is 11.0. The first-order valence-electron chi connectivity index (χ1n) is 6.57. The number of fused-ring (bicyclic) bond motifs is 1. The second-order valence-corrected chi connectivity index (χ2v) is 4.61. The van der Waals surface area contributed by atoms with Gasteiger partial charge in [-0.1, -0.05) is 72.5 Å². The molecule has 3 aromatic carbocycles. The highest BCUT2D eigenvalue weighted by Crippen LogP contribution is 2.23. The number of hydrogen-bond donors (Lipinski definition) is 1. The summed E-state index contributed by atoms with van der Waals surface area (Å²) in [6.07, 6.45) is -0.777. The van der Waals surface area contributed by atoms with Gasteiger partial charge in [-0.2, -0.15) is 0 Å². The van der Waals surface area contributed by atoms with Crippen molar-refractivity contribution < 1.29 is 5.11 Å². The highest BCUT2D eigenvalue weighted by molar-refractivity contribution is 5.86. The highest BCUT2D eigenvalue weighted by Gasteiger charge is 2.07. The molecule has 0 radical (unpaired) electrons. The van der Waals surface area contributed by atoms with Gasteiger partial charge >= 0.3 is 0 Å². The van der Waals surface area contributed by atoms with Crippen molar-refractivity contribution in [3.05, 3.63) is 83.9 Å². The van der Waals surface area contributed by atoms with E-state index < -0.39 is 6.10 Å². The van der Waals surface area contributed by atoms with Gasteiger partial charge in [0.05, 0.1) is 0 Å². The van der Waals surface area contributed by atoms with Crippen LogP contribution in [0.15, 0.2) is 72.8 Å². The first-order valence-corrected chi connectivity index (χ1v) is 6.57. The largest absolute Gasteiger partial charge is 0.376 e. The van der Waals surface area contributed by atoms with Crippen molar-refractivity contribution in [1.82, 2.24) is 0 Å². The Morgan fingerprint density at radius 2 is 1.45 bits per heavy atom. The molecule has 0 fully saturated rings. The topological polar surface area (TPSA) is 20.2 Å². The third-order valence-corrected chi connectivity index (χ3v) is 3.24. The SMILES string of the molecule is O[C@H](C#Cc1ccccc1)c1cccc2ccccc12. The average molecular weight is 258 g/mol. The summed E-state index contributed by atoms with van der Waals surface area (Å²) in [4.78, 5) is 0. The van der Waals surface area contributed by atoms with Gasteiger partial charge in [-0.15, -0.1) is 0 Å². The van der Waals surface area contributed by atoms with Crippen molar-refractivity contribution in [2.75, 3.05) is 0 Å². The summed E-state index contributed by atoms with van der Waals surface area (Å²) in [5, 5.41) is 12.5. The van der Waals surface area contributed by atoms with Gasteiger partial charge in [-0.3, -0.25) is 0 Å². The normalized spacial score (nSPS) is 11.7. The van der Waals surface area contributed by atoms with Crippen LogP contribution in [-0.2, 0) is 0 Å². The lowest BCUT2D eigenvalue weighted by atomic mass is 10.0. The Bertz CT molecular complexity index is 773. The van der Waals surface area contributed by atoms with Crippen LogP contribution in [-0.4, -0.2) is 5.11 Å². The smallest absolute Gasteiger partial charge is 0.141 e. The van der Waals surface area contributed by atoms with Crippen molar-refractivity contribution >= 4 is 10.8 Å². The van der Waals surface area contributed by atoms with E-state index in [0.717, 1.165) is 21.9 Å². The molecule has 0 amide bonds. The minimum atomic E-state index is -0.777. The summed E-state index contributed by atoms with van der Waals surface area (Å²) in [6.45, 7) is 0. The van der Waals surface area contributed by atoms with E-state index in [1.807, 2.05) is 72.8 Å². The second kappa shape index (κ2) is 5.61. The molecule has 1 nitrogen and oxygen atoms in total. The average Bonchev–Trinajstić information content (AvgIpc) is 2.53. The zero-order valence-corrected chi connectivity index (χ0v) is 11.0. The van der Waals surface area contributed by atoms with E-state index in [1.165, 1.54) is 0 Å². The molecule has 0 aromatic heterocycles. The number of aliphatic hydroxyl groups excluding tert-OH is 1. The Balaban J connectivity index is 1.98. The van der Waals surface area contributed by atoms with Gasteiger partial charge in [0.25, 0.3) is 0 Å². The molecular weight excluding hydrogens is 244 g/mol.